The van der Waals surface area contributed by atoms with Gasteiger partial charge in [0.1, 0.15) is 0 Å². The zero-order valence-corrected chi connectivity index (χ0v) is 17.9. The van der Waals surface area contributed by atoms with Gasteiger partial charge in [-0.2, -0.15) is 0 Å². The maximum absolute atomic E-state index is 12.4. The van der Waals surface area contributed by atoms with Gasteiger partial charge >= 0.3 is 0 Å². The predicted octanol–water partition coefficient (Wildman–Crippen LogP) is 4.10. The topological polar surface area (TPSA) is 95.5 Å². The number of aliphatic hydroxyl groups is 1. The lowest BCUT2D eigenvalue weighted by Crippen LogP contribution is -2.28. The molecule has 4 aromatic carbocycles. The maximum Gasteiger partial charge on any atom is 0.261 e. The third kappa shape index (κ3) is 4.96. The third-order valence-electron chi connectivity index (χ3n) is 5.07. The van der Waals surface area contributed by atoms with Gasteiger partial charge in [0.05, 0.1) is 11.0 Å². The molecule has 1 amide bonds. The van der Waals surface area contributed by atoms with E-state index in [1.807, 2.05) is 42.5 Å². The Bertz CT molecular complexity index is 1340. The van der Waals surface area contributed by atoms with Crippen molar-refractivity contribution >= 4 is 32.4 Å². The average molecular weight is 447 g/mol. The summed E-state index contributed by atoms with van der Waals surface area (Å²) in [5.74, 6) is -0.359. The van der Waals surface area contributed by atoms with Crippen LogP contribution >= 0.6 is 0 Å². The van der Waals surface area contributed by atoms with Crippen LogP contribution in [0.5, 0.6) is 0 Å². The molecule has 0 spiro atoms. The summed E-state index contributed by atoms with van der Waals surface area (Å²) in [6.07, 6.45) is -0.847. The highest BCUT2D eigenvalue weighted by molar-refractivity contribution is 7.92. The number of sulfonamides is 1. The Morgan fingerprint density at radius 3 is 2.19 bits per heavy atom. The molecule has 3 N–H and O–H groups in total. The van der Waals surface area contributed by atoms with E-state index in [9.17, 15) is 18.3 Å². The van der Waals surface area contributed by atoms with Gasteiger partial charge in [-0.15, -0.1) is 0 Å². The molecule has 0 saturated carbocycles. The minimum absolute atomic E-state index is 0.0551. The van der Waals surface area contributed by atoms with E-state index in [1.54, 1.807) is 18.2 Å². The number of hydrogen-bond acceptors (Lipinski definition) is 4. The molecule has 0 saturated heterocycles. The summed E-state index contributed by atoms with van der Waals surface area (Å²) < 4.78 is 27.3. The highest BCUT2D eigenvalue weighted by Crippen LogP contribution is 2.20. The van der Waals surface area contributed by atoms with Crippen LogP contribution in [0.15, 0.2) is 102 Å². The van der Waals surface area contributed by atoms with E-state index < -0.39 is 16.1 Å². The van der Waals surface area contributed by atoms with Crippen LogP contribution in [0.4, 0.5) is 5.69 Å². The molecule has 1 unspecified atom stereocenters. The van der Waals surface area contributed by atoms with Crippen molar-refractivity contribution in [1.29, 1.82) is 0 Å². The van der Waals surface area contributed by atoms with Crippen LogP contribution < -0.4 is 10.0 Å². The molecule has 6 nitrogen and oxygen atoms in total. The Morgan fingerprint density at radius 1 is 0.812 bits per heavy atom. The molecule has 1 atom stereocenters. The van der Waals surface area contributed by atoms with Gasteiger partial charge in [0, 0.05) is 17.8 Å². The van der Waals surface area contributed by atoms with E-state index in [-0.39, 0.29) is 17.3 Å². The molecule has 0 aliphatic rings. The number of fused-ring (bicyclic) bond motifs is 1. The maximum atomic E-state index is 12.4. The first-order valence-electron chi connectivity index (χ1n) is 10.1. The quantitative estimate of drug-likeness (QED) is 0.398. The fourth-order valence-corrected chi connectivity index (χ4v) is 4.41. The standard InChI is InChI=1S/C25H22N2O4S/c28-24(21-11-10-18-6-4-5-7-20(18)16-21)17-26-25(29)19-12-14-22(15-13-19)27-32(30,31)23-8-2-1-3-9-23/h1-16,24,27-28H,17H2,(H,26,29). The molecule has 32 heavy (non-hydrogen) atoms. The van der Waals surface area contributed by atoms with Gasteiger partial charge in [0.25, 0.3) is 15.9 Å². The van der Waals surface area contributed by atoms with E-state index in [1.165, 1.54) is 36.4 Å². The molecular weight excluding hydrogens is 424 g/mol. The predicted molar refractivity (Wildman–Crippen MR) is 125 cm³/mol. The molecule has 0 radical (unpaired) electrons. The summed E-state index contributed by atoms with van der Waals surface area (Å²) in [7, 11) is -3.70. The molecule has 7 heteroatoms. The molecule has 0 aromatic heterocycles. The lowest BCUT2D eigenvalue weighted by molar-refractivity contribution is 0.0916. The molecule has 4 aromatic rings. The lowest BCUT2D eigenvalue weighted by Gasteiger charge is -2.13. The normalized spacial score (nSPS) is 12.3. The third-order valence-corrected chi connectivity index (χ3v) is 6.46. The fraction of sp³-hybridized carbons (Fsp3) is 0.0800. The Labute approximate surface area is 186 Å². The number of hydrogen-bond donors (Lipinski definition) is 3. The molecular formula is C25H22N2O4S. The number of benzene rings is 4. The number of carbonyl (C=O) groups excluding carboxylic acids is 1. The second-order valence-corrected chi connectivity index (χ2v) is 9.01. The van der Waals surface area contributed by atoms with Crippen molar-refractivity contribution in [1.82, 2.24) is 5.32 Å². The van der Waals surface area contributed by atoms with Crippen molar-refractivity contribution in [3.05, 3.63) is 108 Å². The summed E-state index contributed by atoms with van der Waals surface area (Å²) in [6, 6.07) is 27.7. The number of amides is 1. The van der Waals surface area contributed by atoms with Crippen molar-refractivity contribution < 1.29 is 18.3 Å². The summed E-state index contributed by atoms with van der Waals surface area (Å²) >= 11 is 0. The first-order valence-corrected chi connectivity index (χ1v) is 11.5. The van der Waals surface area contributed by atoms with Gasteiger partial charge in [0.15, 0.2) is 0 Å². The first-order chi connectivity index (χ1) is 15.4. The van der Waals surface area contributed by atoms with Crippen LogP contribution in [-0.2, 0) is 10.0 Å². The Kier molecular flexibility index (Phi) is 6.20. The molecule has 0 fully saturated rings. The summed E-state index contributed by atoms with van der Waals surface area (Å²) in [5.41, 5.74) is 1.43. The Balaban J connectivity index is 1.37. The van der Waals surface area contributed by atoms with Crippen LogP contribution in [0, 0.1) is 0 Å². The van der Waals surface area contributed by atoms with Crippen LogP contribution in [0.25, 0.3) is 10.8 Å². The second-order valence-electron chi connectivity index (χ2n) is 7.33. The van der Waals surface area contributed by atoms with Crippen LogP contribution in [-0.4, -0.2) is 26.0 Å². The highest BCUT2D eigenvalue weighted by atomic mass is 32.2. The summed E-state index contributed by atoms with van der Waals surface area (Å²) in [6.45, 7) is 0.0551. The molecule has 162 valence electrons. The van der Waals surface area contributed by atoms with E-state index in [0.717, 1.165) is 16.3 Å². The van der Waals surface area contributed by atoms with Crippen molar-refractivity contribution in [3.8, 4) is 0 Å². The van der Waals surface area contributed by atoms with Crippen LogP contribution in [0.1, 0.15) is 22.0 Å². The smallest absolute Gasteiger partial charge is 0.261 e. The number of carbonyl (C=O) groups is 1. The molecule has 0 aliphatic heterocycles. The van der Waals surface area contributed by atoms with Crippen molar-refractivity contribution in [3.63, 3.8) is 0 Å². The van der Waals surface area contributed by atoms with E-state index in [4.69, 9.17) is 0 Å². The summed E-state index contributed by atoms with van der Waals surface area (Å²) in [4.78, 5) is 12.6. The lowest BCUT2D eigenvalue weighted by atomic mass is 10.0. The number of anilines is 1. The zero-order valence-electron chi connectivity index (χ0n) is 17.1. The number of aliphatic hydroxyl groups excluding tert-OH is 1. The monoisotopic (exact) mass is 446 g/mol. The molecule has 0 aliphatic carbocycles. The molecule has 0 heterocycles. The van der Waals surface area contributed by atoms with E-state index in [2.05, 4.69) is 10.0 Å². The number of rotatable bonds is 7. The Morgan fingerprint density at radius 2 is 1.47 bits per heavy atom. The van der Waals surface area contributed by atoms with Gasteiger partial charge in [-0.25, -0.2) is 8.42 Å². The largest absolute Gasteiger partial charge is 0.387 e. The minimum Gasteiger partial charge on any atom is -0.387 e. The minimum atomic E-state index is -3.70. The second kappa shape index (κ2) is 9.21. The van der Waals surface area contributed by atoms with E-state index >= 15 is 0 Å². The van der Waals surface area contributed by atoms with Crippen LogP contribution in [0.2, 0.25) is 0 Å². The molecule has 4 rings (SSSR count). The van der Waals surface area contributed by atoms with Crippen molar-refractivity contribution in [2.24, 2.45) is 0 Å². The average Bonchev–Trinajstić information content (AvgIpc) is 2.83. The van der Waals surface area contributed by atoms with Crippen LogP contribution in [0.3, 0.4) is 0 Å². The van der Waals surface area contributed by atoms with Crippen molar-refractivity contribution in [2.75, 3.05) is 11.3 Å². The number of nitrogens with one attached hydrogen (secondary N) is 2. The summed E-state index contributed by atoms with van der Waals surface area (Å²) in [5, 5.41) is 15.3. The highest BCUT2D eigenvalue weighted by Gasteiger charge is 2.15. The van der Waals surface area contributed by atoms with E-state index in [0.29, 0.717) is 11.3 Å². The van der Waals surface area contributed by atoms with Gasteiger partial charge in [0.2, 0.25) is 0 Å². The first kappa shape index (κ1) is 21.5. The fourth-order valence-electron chi connectivity index (χ4n) is 3.33. The van der Waals surface area contributed by atoms with Crippen molar-refractivity contribution in [2.45, 2.75) is 11.0 Å². The van der Waals surface area contributed by atoms with Gasteiger partial charge in [-0.05, 0) is 58.8 Å². The SMILES string of the molecule is O=C(NCC(O)c1ccc2ccccc2c1)c1ccc(NS(=O)(=O)c2ccccc2)cc1. The van der Waals surface area contributed by atoms with Gasteiger partial charge in [-0.1, -0.05) is 54.6 Å². The van der Waals surface area contributed by atoms with Gasteiger partial charge in [-0.3, -0.25) is 9.52 Å². The van der Waals surface area contributed by atoms with Gasteiger partial charge < -0.3 is 10.4 Å². The zero-order chi connectivity index (χ0) is 22.6. The molecule has 0 bridgehead atoms. The Hall–Kier alpha value is -3.68.